The summed E-state index contributed by atoms with van der Waals surface area (Å²) >= 11 is 0. The van der Waals surface area contributed by atoms with Crippen LogP contribution < -0.4 is 5.32 Å². The van der Waals surface area contributed by atoms with Crippen LogP contribution in [0.25, 0.3) is 0 Å². The fraction of sp³-hybridized carbons (Fsp3) is 0.167. The fourth-order valence-corrected chi connectivity index (χ4v) is 4.04. The minimum Gasteiger partial charge on any atom is -0.389 e. The number of aliphatic hydroxyl groups excluding tert-OH is 1. The van der Waals surface area contributed by atoms with Crippen LogP contribution in [0.4, 0.5) is 23.2 Å². The summed E-state index contributed by atoms with van der Waals surface area (Å²) in [5, 5.41) is 11.5. The van der Waals surface area contributed by atoms with Crippen molar-refractivity contribution in [3.05, 3.63) is 71.4 Å². The van der Waals surface area contributed by atoms with Crippen molar-refractivity contribution in [3.8, 4) is 0 Å². The van der Waals surface area contributed by atoms with Gasteiger partial charge in [0.1, 0.15) is 10.7 Å². The number of nitrogens with one attached hydrogen (secondary N) is 1. The highest BCUT2D eigenvalue weighted by Gasteiger charge is 2.28. The summed E-state index contributed by atoms with van der Waals surface area (Å²) < 4.78 is 79.9. The second kappa shape index (κ2) is 7.84. The molecule has 0 fully saturated rings. The van der Waals surface area contributed by atoms with Crippen LogP contribution in [0.5, 0.6) is 0 Å². The van der Waals surface area contributed by atoms with Gasteiger partial charge in [-0.25, -0.2) is 26.0 Å². The van der Waals surface area contributed by atoms with Gasteiger partial charge in [0.25, 0.3) is 15.9 Å². The molecular formula is C18H14F4N2O4S. The van der Waals surface area contributed by atoms with Crippen LogP contribution in [0, 0.1) is 23.3 Å². The van der Waals surface area contributed by atoms with Gasteiger partial charge in [0, 0.05) is 36.1 Å². The third kappa shape index (κ3) is 4.25. The Hall–Kier alpha value is -2.92. The van der Waals surface area contributed by atoms with Crippen molar-refractivity contribution in [1.29, 1.82) is 0 Å². The van der Waals surface area contributed by atoms with E-state index in [-0.39, 0.29) is 18.5 Å². The number of aliphatic hydroxyl groups is 1. The Balaban J connectivity index is 1.91. The predicted molar refractivity (Wildman–Crippen MR) is 94.3 cm³/mol. The zero-order chi connectivity index (χ0) is 21.3. The van der Waals surface area contributed by atoms with Crippen molar-refractivity contribution >= 4 is 21.6 Å². The number of hydrogen-bond donors (Lipinski definition) is 2. The minimum atomic E-state index is -4.35. The first-order valence-corrected chi connectivity index (χ1v) is 9.67. The summed E-state index contributed by atoms with van der Waals surface area (Å²) in [4.78, 5) is 11.5. The quantitative estimate of drug-likeness (QED) is 0.577. The summed E-state index contributed by atoms with van der Waals surface area (Å²) in [6.07, 6.45) is 1.62. The molecule has 0 radical (unpaired) electrons. The standard InChI is InChI=1S/C18H14F4N2O4S/c19-13-2-1-10(18(26)23-11-8-14(20)17(22)15(21)9-11)7-16(13)29(27,28)24-5-3-12(25)4-6-24/h1-3,5,7-9,12,25H,4,6H2,(H,23,26)/t12-/m0/s1. The van der Waals surface area contributed by atoms with E-state index in [1.807, 2.05) is 0 Å². The molecule has 1 amide bonds. The highest BCUT2D eigenvalue weighted by Crippen LogP contribution is 2.24. The Morgan fingerprint density at radius 2 is 1.72 bits per heavy atom. The molecule has 0 saturated carbocycles. The molecule has 2 aromatic rings. The molecule has 1 heterocycles. The Labute approximate surface area is 163 Å². The molecule has 1 aliphatic rings. The number of carbonyl (C=O) groups excluding carboxylic acids is 1. The zero-order valence-corrected chi connectivity index (χ0v) is 15.4. The molecule has 6 nitrogen and oxygen atoms in total. The van der Waals surface area contributed by atoms with E-state index in [1.165, 1.54) is 6.08 Å². The van der Waals surface area contributed by atoms with Gasteiger partial charge in [-0.05, 0) is 30.7 Å². The highest BCUT2D eigenvalue weighted by molar-refractivity contribution is 7.89. The van der Waals surface area contributed by atoms with Crippen LogP contribution in [0.3, 0.4) is 0 Å². The third-order valence-electron chi connectivity index (χ3n) is 4.14. The Bertz CT molecular complexity index is 1080. The third-order valence-corrected chi connectivity index (χ3v) is 5.93. The normalized spacial score (nSPS) is 16.7. The average molecular weight is 430 g/mol. The molecule has 0 aromatic heterocycles. The van der Waals surface area contributed by atoms with Crippen molar-refractivity contribution in [2.24, 2.45) is 0 Å². The van der Waals surface area contributed by atoms with E-state index in [0.29, 0.717) is 12.1 Å². The largest absolute Gasteiger partial charge is 0.389 e. The van der Waals surface area contributed by atoms with Crippen LogP contribution in [-0.4, -0.2) is 36.4 Å². The molecule has 0 saturated heterocycles. The smallest absolute Gasteiger partial charge is 0.266 e. The van der Waals surface area contributed by atoms with E-state index >= 15 is 0 Å². The first kappa shape index (κ1) is 20.8. The van der Waals surface area contributed by atoms with E-state index in [9.17, 15) is 35.9 Å². The van der Waals surface area contributed by atoms with Crippen LogP contribution in [0.2, 0.25) is 0 Å². The molecule has 0 aliphatic carbocycles. The molecule has 154 valence electrons. The van der Waals surface area contributed by atoms with Crippen LogP contribution in [0.1, 0.15) is 16.8 Å². The summed E-state index contributed by atoms with van der Waals surface area (Å²) in [5.41, 5.74) is -0.718. The van der Waals surface area contributed by atoms with Crippen molar-refractivity contribution in [2.45, 2.75) is 17.4 Å². The molecule has 1 aliphatic heterocycles. The molecule has 0 unspecified atom stereocenters. The summed E-state index contributed by atoms with van der Waals surface area (Å²) in [6.45, 7) is -0.0933. The van der Waals surface area contributed by atoms with Crippen LogP contribution in [0.15, 0.2) is 47.5 Å². The molecule has 2 aromatic carbocycles. The topological polar surface area (TPSA) is 86.7 Å². The van der Waals surface area contributed by atoms with Gasteiger partial charge >= 0.3 is 0 Å². The van der Waals surface area contributed by atoms with Gasteiger partial charge in [-0.2, -0.15) is 0 Å². The zero-order valence-electron chi connectivity index (χ0n) is 14.6. The fourth-order valence-electron chi connectivity index (χ4n) is 2.63. The number of carbonyl (C=O) groups is 1. The number of anilines is 1. The molecule has 3 rings (SSSR count). The molecule has 2 N–H and O–H groups in total. The first-order valence-electron chi connectivity index (χ1n) is 8.23. The van der Waals surface area contributed by atoms with Gasteiger partial charge in [-0.1, -0.05) is 0 Å². The summed E-state index contributed by atoms with van der Waals surface area (Å²) in [5.74, 6) is -6.86. The lowest BCUT2D eigenvalue weighted by atomic mass is 10.2. The Morgan fingerprint density at radius 3 is 2.31 bits per heavy atom. The first-order chi connectivity index (χ1) is 13.6. The van der Waals surface area contributed by atoms with Crippen molar-refractivity contribution in [3.63, 3.8) is 0 Å². The lowest BCUT2D eigenvalue weighted by Gasteiger charge is -2.25. The number of hydrogen-bond acceptors (Lipinski definition) is 4. The van der Waals surface area contributed by atoms with Crippen molar-refractivity contribution in [2.75, 3.05) is 11.9 Å². The second-order valence-corrected chi connectivity index (χ2v) is 8.03. The van der Waals surface area contributed by atoms with Crippen LogP contribution in [-0.2, 0) is 10.0 Å². The molecule has 0 bridgehead atoms. The van der Waals surface area contributed by atoms with Gasteiger partial charge in [-0.15, -0.1) is 0 Å². The van der Waals surface area contributed by atoms with Crippen LogP contribution >= 0.6 is 0 Å². The molecule has 11 heteroatoms. The number of rotatable bonds is 4. The summed E-state index contributed by atoms with van der Waals surface area (Å²) in [7, 11) is -4.35. The summed E-state index contributed by atoms with van der Waals surface area (Å²) in [6, 6.07) is 3.60. The number of benzene rings is 2. The van der Waals surface area contributed by atoms with Crippen molar-refractivity contribution in [1.82, 2.24) is 4.31 Å². The lowest BCUT2D eigenvalue weighted by Crippen LogP contribution is -2.33. The monoisotopic (exact) mass is 430 g/mol. The number of amides is 1. The van der Waals surface area contributed by atoms with Gasteiger partial charge in [-0.3, -0.25) is 9.10 Å². The van der Waals surface area contributed by atoms with Gasteiger partial charge in [0.15, 0.2) is 17.5 Å². The van der Waals surface area contributed by atoms with Gasteiger partial charge < -0.3 is 10.4 Å². The maximum Gasteiger partial charge on any atom is 0.266 e. The van der Waals surface area contributed by atoms with Gasteiger partial charge in [0.2, 0.25) is 0 Å². The van der Waals surface area contributed by atoms with E-state index in [4.69, 9.17) is 0 Å². The average Bonchev–Trinajstić information content (AvgIpc) is 2.66. The predicted octanol–water partition coefficient (Wildman–Crippen LogP) is 2.76. The van der Waals surface area contributed by atoms with Crippen molar-refractivity contribution < 1.29 is 35.9 Å². The Kier molecular flexibility index (Phi) is 5.62. The minimum absolute atomic E-state index is 0.0933. The second-order valence-electron chi connectivity index (χ2n) is 6.17. The number of sulfonamides is 1. The van der Waals surface area contributed by atoms with E-state index in [1.54, 1.807) is 0 Å². The highest BCUT2D eigenvalue weighted by atomic mass is 32.2. The lowest BCUT2D eigenvalue weighted by molar-refractivity contribution is 0.102. The molecule has 29 heavy (non-hydrogen) atoms. The number of halogens is 4. The van der Waals surface area contributed by atoms with E-state index in [2.05, 4.69) is 5.32 Å². The van der Waals surface area contributed by atoms with E-state index in [0.717, 1.165) is 28.7 Å². The number of nitrogens with zero attached hydrogens (tertiary/aromatic N) is 1. The molecule has 1 atom stereocenters. The van der Waals surface area contributed by atoms with E-state index < -0.39 is 55.9 Å². The maximum atomic E-state index is 14.2. The Morgan fingerprint density at radius 1 is 1.07 bits per heavy atom. The maximum absolute atomic E-state index is 14.2. The SMILES string of the molecule is O=C(Nc1cc(F)c(F)c(F)c1)c1ccc(F)c(S(=O)(=O)N2C=C[C@H](O)CC2)c1. The molecular weight excluding hydrogens is 416 g/mol. The van der Waals surface area contributed by atoms with Gasteiger partial charge in [0.05, 0.1) is 6.10 Å². The molecule has 0 spiro atoms.